The van der Waals surface area contributed by atoms with Gasteiger partial charge in [-0.15, -0.1) is 0 Å². The Balaban J connectivity index is 1.84. The first kappa shape index (κ1) is 25.7. The van der Waals surface area contributed by atoms with Crippen molar-refractivity contribution in [3.8, 4) is 0 Å². The molecule has 4 rings (SSSR count). The molecule has 0 heterocycles. The van der Waals surface area contributed by atoms with E-state index in [9.17, 15) is 17.2 Å². The molecule has 2 nitrogen and oxygen atoms in total. The summed E-state index contributed by atoms with van der Waals surface area (Å²) in [6, 6.07) is 29.8. The highest BCUT2D eigenvalue weighted by Gasteiger charge is 2.20. The standard InChI is InChI=1S/C32H24F2O2S/c33-29-17-11-27(12-18-29)23-31(21-15-25-7-3-1-4-8-25)37(35,36)32(22-16-26-9-5-2-6-10-26)24-28-13-19-30(34)20-14-28/h1-24H. The number of hydrogen-bond acceptors (Lipinski definition) is 2. The van der Waals surface area contributed by atoms with E-state index in [0.29, 0.717) is 11.1 Å². The number of hydrogen-bond donors (Lipinski definition) is 0. The lowest BCUT2D eigenvalue weighted by Crippen LogP contribution is -2.05. The Morgan fingerprint density at radius 3 is 1.19 bits per heavy atom. The van der Waals surface area contributed by atoms with Gasteiger partial charge in [-0.25, -0.2) is 17.2 Å². The van der Waals surface area contributed by atoms with Crippen molar-refractivity contribution < 1.29 is 17.2 Å². The minimum Gasteiger partial charge on any atom is -0.219 e. The predicted octanol–water partition coefficient (Wildman–Crippen LogP) is 8.19. The van der Waals surface area contributed by atoms with E-state index in [2.05, 4.69) is 0 Å². The lowest BCUT2D eigenvalue weighted by molar-refractivity contribution is 0.610. The predicted molar refractivity (Wildman–Crippen MR) is 149 cm³/mol. The average Bonchev–Trinajstić information content (AvgIpc) is 2.92. The molecule has 4 aromatic carbocycles. The van der Waals surface area contributed by atoms with Crippen molar-refractivity contribution in [1.82, 2.24) is 0 Å². The first-order valence-electron chi connectivity index (χ1n) is 11.6. The van der Waals surface area contributed by atoms with Crippen LogP contribution in [0.3, 0.4) is 0 Å². The number of allylic oxidation sites excluding steroid dienone is 2. The van der Waals surface area contributed by atoms with Gasteiger partial charge in [0.2, 0.25) is 9.84 Å². The zero-order chi connectivity index (χ0) is 26.1. The monoisotopic (exact) mass is 510 g/mol. The fourth-order valence-corrected chi connectivity index (χ4v) is 4.85. The van der Waals surface area contributed by atoms with Crippen LogP contribution in [-0.4, -0.2) is 8.42 Å². The van der Waals surface area contributed by atoms with E-state index in [1.54, 1.807) is 12.2 Å². The smallest absolute Gasteiger partial charge is 0.206 e. The summed E-state index contributed by atoms with van der Waals surface area (Å²) >= 11 is 0. The highest BCUT2D eigenvalue weighted by molar-refractivity contribution is 7.99. The average molecular weight is 511 g/mol. The molecular formula is C32H24F2O2S. The van der Waals surface area contributed by atoms with Gasteiger partial charge >= 0.3 is 0 Å². The van der Waals surface area contributed by atoms with E-state index >= 15 is 0 Å². The Morgan fingerprint density at radius 1 is 0.486 bits per heavy atom. The van der Waals surface area contributed by atoms with Crippen LogP contribution in [0.1, 0.15) is 22.3 Å². The topological polar surface area (TPSA) is 34.1 Å². The van der Waals surface area contributed by atoms with Crippen LogP contribution >= 0.6 is 0 Å². The van der Waals surface area contributed by atoms with Crippen molar-refractivity contribution in [2.75, 3.05) is 0 Å². The Hall–Kier alpha value is -4.35. The third kappa shape index (κ3) is 7.32. The van der Waals surface area contributed by atoms with Gasteiger partial charge in [-0.3, -0.25) is 0 Å². The maximum Gasteiger partial charge on any atom is 0.206 e. The molecule has 0 fully saturated rings. The largest absolute Gasteiger partial charge is 0.219 e. The van der Waals surface area contributed by atoms with Crippen LogP contribution in [0, 0.1) is 11.6 Å². The number of halogens is 2. The Kier molecular flexibility index (Phi) is 8.39. The van der Waals surface area contributed by atoms with Gasteiger partial charge in [-0.1, -0.05) is 97.1 Å². The summed E-state index contributed by atoms with van der Waals surface area (Å²) in [4.78, 5) is 0.0445. The minimum atomic E-state index is -4.06. The Morgan fingerprint density at radius 2 is 0.838 bits per heavy atom. The molecule has 0 bridgehead atoms. The van der Waals surface area contributed by atoms with E-state index in [4.69, 9.17) is 0 Å². The van der Waals surface area contributed by atoms with Gasteiger partial charge < -0.3 is 0 Å². The molecule has 0 atom stereocenters. The zero-order valence-electron chi connectivity index (χ0n) is 19.8. The second-order valence-electron chi connectivity index (χ2n) is 8.19. The molecular weight excluding hydrogens is 486 g/mol. The molecule has 184 valence electrons. The maximum absolute atomic E-state index is 14.0. The van der Waals surface area contributed by atoms with E-state index in [0.717, 1.165) is 11.1 Å². The summed E-state index contributed by atoms with van der Waals surface area (Å²) in [5.41, 5.74) is 2.72. The second-order valence-corrected chi connectivity index (χ2v) is 10.1. The highest BCUT2D eigenvalue weighted by atomic mass is 32.2. The molecule has 0 aromatic heterocycles. The normalized spacial score (nSPS) is 12.9. The second kappa shape index (κ2) is 12.1. The van der Waals surface area contributed by atoms with E-state index in [1.807, 2.05) is 60.7 Å². The summed E-state index contributed by atoms with van der Waals surface area (Å²) in [5.74, 6) is -0.826. The van der Waals surface area contributed by atoms with E-state index in [-0.39, 0.29) is 9.81 Å². The third-order valence-corrected chi connectivity index (χ3v) is 7.21. The molecule has 0 amide bonds. The quantitative estimate of drug-likeness (QED) is 0.224. The molecule has 0 aliphatic rings. The first-order chi connectivity index (χ1) is 17.9. The molecule has 0 spiro atoms. The van der Waals surface area contributed by atoms with Gasteiger partial charge in [0.1, 0.15) is 11.6 Å². The molecule has 4 aromatic rings. The van der Waals surface area contributed by atoms with Gasteiger partial charge in [0.15, 0.2) is 0 Å². The maximum atomic E-state index is 14.0. The van der Waals surface area contributed by atoms with Crippen molar-refractivity contribution in [2.45, 2.75) is 0 Å². The fourth-order valence-electron chi connectivity index (χ4n) is 3.50. The third-order valence-electron chi connectivity index (χ3n) is 5.46. The van der Waals surface area contributed by atoms with E-state index < -0.39 is 21.5 Å². The van der Waals surface area contributed by atoms with Crippen molar-refractivity contribution in [1.29, 1.82) is 0 Å². The summed E-state index contributed by atoms with van der Waals surface area (Å²) in [7, 11) is -4.06. The number of benzene rings is 4. The van der Waals surface area contributed by atoms with Crippen LogP contribution in [0.15, 0.2) is 131 Å². The minimum absolute atomic E-state index is 0.0223. The molecule has 0 saturated carbocycles. The van der Waals surface area contributed by atoms with Crippen molar-refractivity contribution in [3.63, 3.8) is 0 Å². The van der Waals surface area contributed by atoms with Gasteiger partial charge in [0.05, 0.1) is 9.81 Å². The molecule has 5 heteroatoms. The SMILES string of the molecule is O=S(=O)(C(C=Cc1ccccc1)=Cc1ccc(F)cc1)C(C=Cc1ccccc1)=Cc1ccc(F)cc1. The first-order valence-corrected chi connectivity index (χ1v) is 13.0. The summed E-state index contributed by atoms with van der Waals surface area (Å²) in [6.07, 6.45) is 9.49. The molecule has 0 N–H and O–H groups in total. The number of sulfone groups is 1. The van der Waals surface area contributed by atoms with Crippen LogP contribution in [0.5, 0.6) is 0 Å². The van der Waals surface area contributed by atoms with Crippen LogP contribution in [0.4, 0.5) is 8.78 Å². The molecule has 0 aliphatic heterocycles. The van der Waals surface area contributed by atoms with Gasteiger partial charge in [-0.05, 0) is 70.8 Å². The van der Waals surface area contributed by atoms with Gasteiger partial charge in [-0.2, -0.15) is 0 Å². The van der Waals surface area contributed by atoms with Crippen molar-refractivity contribution in [2.24, 2.45) is 0 Å². The Labute approximate surface area is 216 Å². The molecule has 0 unspecified atom stereocenters. The summed E-state index contributed by atoms with van der Waals surface area (Å²) in [6.45, 7) is 0. The van der Waals surface area contributed by atoms with Gasteiger partial charge in [0.25, 0.3) is 0 Å². The zero-order valence-corrected chi connectivity index (χ0v) is 20.7. The van der Waals surface area contributed by atoms with Crippen LogP contribution in [0.2, 0.25) is 0 Å². The van der Waals surface area contributed by atoms with Crippen LogP contribution < -0.4 is 0 Å². The molecule has 0 saturated heterocycles. The molecule has 0 aliphatic carbocycles. The molecule has 0 radical (unpaired) electrons. The number of rotatable bonds is 8. The lowest BCUT2D eigenvalue weighted by Gasteiger charge is -2.09. The van der Waals surface area contributed by atoms with Crippen molar-refractivity contribution in [3.05, 3.63) is 165 Å². The Bertz CT molecular complexity index is 1430. The molecule has 37 heavy (non-hydrogen) atoms. The summed E-state index contributed by atoms with van der Waals surface area (Å²) < 4.78 is 55.0. The van der Waals surface area contributed by atoms with Crippen molar-refractivity contribution >= 4 is 34.1 Å². The van der Waals surface area contributed by atoms with Gasteiger partial charge in [0, 0.05) is 0 Å². The lowest BCUT2D eigenvalue weighted by atomic mass is 10.2. The van der Waals surface area contributed by atoms with Crippen LogP contribution in [0.25, 0.3) is 24.3 Å². The van der Waals surface area contributed by atoms with E-state index in [1.165, 1.54) is 72.8 Å². The van der Waals surface area contributed by atoms with Crippen LogP contribution in [-0.2, 0) is 9.84 Å². The fraction of sp³-hybridized carbons (Fsp3) is 0. The highest BCUT2D eigenvalue weighted by Crippen LogP contribution is 2.26. The summed E-state index contributed by atoms with van der Waals surface area (Å²) in [5, 5.41) is 0.